The topological polar surface area (TPSA) is 20.2 Å². The van der Waals surface area contributed by atoms with E-state index < -0.39 is 0 Å². The van der Waals surface area contributed by atoms with Crippen molar-refractivity contribution >= 4 is 0 Å². The van der Waals surface area contributed by atoms with E-state index in [4.69, 9.17) is 0 Å². The van der Waals surface area contributed by atoms with Gasteiger partial charge in [0.1, 0.15) is 13.1 Å². The molecule has 36 heavy (non-hydrogen) atoms. The Morgan fingerprint density at radius 3 is 0.889 bits per heavy atom. The predicted molar refractivity (Wildman–Crippen MR) is 153 cm³/mol. The summed E-state index contributed by atoms with van der Waals surface area (Å²) in [6.45, 7) is 8.74. The second kappa shape index (κ2) is 27.0. The van der Waals surface area contributed by atoms with Crippen LogP contribution in [0.3, 0.4) is 0 Å². The van der Waals surface area contributed by atoms with E-state index in [1.54, 1.807) is 0 Å². The zero-order valence-electron chi connectivity index (χ0n) is 25.6. The quantitative estimate of drug-likeness (QED) is 0.128. The normalized spacial score (nSPS) is 12.0. The standard InChI is InChI=1S/C31H68N2O.2ClH/c1-7-9-11-13-15-17-19-21-23-25-27-32(3,4)29-31(34)30-33(5,6)28-26-24-22-20-18-16-14-12-10-8-2;;/h31,34H,7-30H2,1-6H3;2*1H/q+2;;/p-2. The van der Waals surface area contributed by atoms with Crippen molar-refractivity contribution in [1.82, 2.24) is 0 Å². The van der Waals surface area contributed by atoms with Crippen LogP contribution in [0.2, 0.25) is 0 Å². The minimum atomic E-state index is -0.198. The van der Waals surface area contributed by atoms with E-state index in [0.29, 0.717) is 0 Å². The number of quaternary nitrogens is 2. The number of rotatable bonds is 26. The molecule has 0 bridgehead atoms. The monoisotopic (exact) mass is 554 g/mol. The molecule has 0 heterocycles. The maximum atomic E-state index is 10.8. The lowest BCUT2D eigenvalue weighted by atomic mass is 10.1. The van der Waals surface area contributed by atoms with Crippen molar-refractivity contribution in [2.45, 2.75) is 148 Å². The van der Waals surface area contributed by atoms with Crippen molar-refractivity contribution in [2.24, 2.45) is 0 Å². The Morgan fingerprint density at radius 1 is 0.417 bits per heavy atom. The highest BCUT2D eigenvalue weighted by Gasteiger charge is 2.26. The third-order valence-corrected chi connectivity index (χ3v) is 7.64. The summed E-state index contributed by atoms with van der Waals surface area (Å²) in [5.41, 5.74) is 0. The number of hydrogen-bond acceptors (Lipinski definition) is 1. The van der Waals surface area contributed by atoms with Gasteiger partial charge in [-0.3, -0.25) is 0 Å². The molecule has 0 rings (SSSR count). The minimum Gasteiger partial charge on any atom is -1.00 e. The van der Waals surface area contributed by atoms with Gasteiger partial charge in [-0.05, 0) is 25.7 Å². The van der Waals surface area contributed by atoms with Gasteiger partial charge in [0.05, 0.1) is 41.3 Å². The largest absolute Gasteiger partial charge is 1.00 e. The number of nitrogens with zero attached hydrogens (tertiary/aromatic N) is 2. The average molecular weight is 556 g/mol. The molecule has 0 aliphatic rings. The summed E-state index contributed by atoms with van der Waals surface area (Å²) in [7, 11) is 9.22. The fraction of sp³-hybridized carbons (Fsp3) is 1.00. The summed E-state index contributed by atoms with van der Waals surface area (Å²) < 4.78 is 1.91. The highest BCUT2D eigenvalue weighted by molar-refractivity contribution is 4.55. The molecule has 0 radical (unpaired) electrons. The number of hydrogen-bond donors (Lipinski definition) is 1. The van der Waals surface area contributed by atoms with Crippen molar-refractivity contribution in [3.05, 3.63) is 0 Å². The maximum Gasteiger partial charge on any atom is 0.152 e. The molecule has 0 saturated heterocycles. The third-order valence-electron chi connectivity index (χ3n) is 7.64. The Balaban J connectivity index is -0.00000544. The van der Waals surface area contributed by atoms with Gasteiger partial charge in [-0.2, -0.15) is 0 Å². The van der Waals surface area contributed by atoms with Crippen molar-refractivity contribution in [2.75, 3.05) is 54.4 Å². The molecule has 0 aromatic heterocycles. The van der Waals surface area contributed by atoms with Crippen LogP contribution in [-0.2, 0) is 0 Å². The number of aliphatic hydroxyl groups is 1. The summed E-state index contributed by atoms with van der Waals surface area (Å²) in [5, 5.41) is 10.8. The van der Waals surface area contributed by atoms with Gasteiger partial charge in [0.25, 0.3) is 0 Å². The van der Waals surface area contributed by atoms with Crippen molar-refractivity contribution < 1.29 is 38.9 Å². The zero-order chi connectivity index (χ0) is 25.5. The van der Waals surface area contributed by atoms with Gasteiger partial charge in [-0.25, -0.2) is 0 Å². The highest BCUT2D eigenvalue weighted by Crippen LogP contribution is 2.14. The van der Waals surface area contributed by atoms with Crippen molar-refractivity contribution in [1.29, 1.82) is 0 Å². The van der Waals surface area contributed by atoms with Gasteiger partial charge in [-0.1, -0.05) is 117 Å². The molecular formula is C31H68Cl2N2O. The van der Waals surface area contributed by atoms with Gasteiger partial charge in [0, 0.05) is 0 Å². The molecule has 0 aromatic rings. The first kappa shape index (κ1) is 40.9. The lowest BCUT2D eigenvalue weighted by Gasteiger charge is -2.36. The first-order valence-electron chi connectivity index (χ1n) is 15.5. The molecule has 3 nitrogen and oxygen atoms in total. The molecule has 0 atom stereocenters. The van der Waals surface area contributed by atoms with Crippen molar-refractivity contribution in [3.8, 4) is 0 Å². The molecule has 0 aliphatic heterocycles. The third kappa shape index (κ3) is 29.0. The fourth-order valence-corrected chi connectivity index (χ4v) is 5.44. The molecule has 0 amide bonds. The van der Waals surface area contributed by atoms with E-state index in [1.165, 1.54) is 142 Å². The summed E-state index contributed by atoms with van der Waals surface area (Å²) in [5.74, 6) is 0. The predicted octanol–water partition coefficient (Wildman–Crippen LogP) is 2.35. The molecule has 5 heteroatoms. The molecule has 1 N–H and O–H groups in total. The summed E-state index contributed by atoms with van der Waals surface area (Å²) in [6.07, 6.45) is 27.7. The molecule has 0 aliphatic carbocycles. The fourth-order valence-electron chi connectivity index (χ4n) is 5.44. The SMILES string of the molecule is CCCCCCCCCCCC[N+](C)(C)CC(O)C[N+](C)(C)CCCCCCCCCCCC.[Cl-].[Cl-]. The number of aliphatic hydroxyl groups excluding tert-OH is 1. The first-order valence-corrected chi connectivity index (χ1v) is 15.5. The van der Waals surface area contributed by atoms with Gasteiger partial charge in [-0.15, -0.1) is 0 Å². The Morgan fingerprint density at radius 2 is 0.639 bits per heavy atom. The number of likely N-dealkylation sites (N-methyl/N-ethyl adjacent to an activating group) is 2. The Bertz CT molecular complexity index is 395. The summed E-state index contributed by atoms with van der Waals surface area (Å²) in [6, 6.07) is 0. The van der Waals surface area contributed by atoms with Crippen LogP contribution in [0.1, 0.15) is 142 Å². The Kier molecular flexibility index (Phi) is 30.8. The summed E-state index contributed by atoms with van der Waals surface area (Å²) in [4.78, 5) is 0. The molecular weight excluding hydrogens is 487 g/mol. The van der Waals surface area contributed by atoms with Crippen molar-refractivity contribution in [3.63, 3.8) is 0 Å². The van der Waals surface area contributed by atoms with Crippen LogP contribution >= 0.6 is 0 Å². The summed E-state index contributed by atoms with van der Waals surface area (Å²) >= 11 is 0. The van der Waals surface area contributed by atoms with Crippen LogP contribution in [0.25, 0.3) is 0 Å². The van der Waals surface area contributed by atoms with Crippen LogP contribution in [0.5, 0.6) is 0 Å². The molecule has 0 saturated carbocycles. The van der Waals surface area contributed by atoms with E-state index in [0.717, 1.165) is 22.1 Å². The van der Waals surface area contributed by atoms with E-state index >= 15 is 0 Å². The van der Waals surface area contributed by atoms with Gasteiger partial charge >= 0.3 is 0 Å². The molecule has 0 spiro atoms. The van der Waals surface area contributed by atoms with Crippen LogP contribution in [-0.4, -0.2) is 74.5 Å². The minimum absolute atomic E-state index is 0. The van der Waals surface area contributed by atoms with Crippen LogP contribution in [0.15, 0.2) is 0 Å². The van der Waals surface area contributed by atoms with E-state index in [1.807, 2.05) is 0 Å². The van der Waals surface area contributed by atoms with E-state index in [-0.39, 0.29) is 30.9 Å². The number of halogens is 2. The molecule has 0 unspecified atom stereocenters. The van der Waals surface area contributed by atoms with E-state index in [2.05, 4.69) is 42.0 Å². The van der Waals surface area contributed by atoms with Crippen LogP contribution in [0, 0.1) is 0 Å². The number of unbranched alkanes of at least 4 members (excludes halogenated alkanes) is 18. The second-order valence-corrected chi connectivity index (χ2v) is 12.7. The van der Waals surface area contributed by atoms with E-state index in [9.17, 15) is 5.11 Å². The Hall–Kier alpha value is 0.460. The first-order chi connectivity index (χ1) is 16.2. The smallest absolute Gasteiger partial charge is 0.152 e. The van der Waals surface area contributed by atoms with Gasteiger partial charge in [0.2, 0.25) is 0 Å². The molecule has 0 fully saturated rings. The highest BCUT2D eigenvalue weighted by atomic mass is 35.5. The average Bonchev–Trinajstić information content (AvgIpc) is 2.75. The molecule has 0 aromatic carbocycles. The zero-order valence-corrected chi connectivity index (χ0v) is 27.2. The van der Waals surface area contributed by atoms with Crippen LogP contribution < -0.4 is 24.8 Å². The van der Waals surface area contributed by atoms with Crippen LogP contribution in [0.4, 0.5) is 0 Å². The second-order valence-electron chi connectivity index (χ2n) is 12.7. The van der Waals surface area contributed by atoms with Gasteiger partial charge in [0.15, 0.2) is 6.10 Å². The maximum absolute atomic E-state index is 10.8. The Labute approximate surface area is 241 Å². The molecule has 222 valence electrons. The van der Waals surface area contributed by atoms with Gasteiger partial charge < -0.3 is 38.9 Å². The lowest BCUT2D eigenvalue weighted by Crippen LogP contribution is -3.00. The lowest BCUT2D eigenvalue weighted by molar-refractivity contribution is -0.914.